The van der Waals surface area contributed by atoms with Crippen LogP contribution in [-0.2, 0) is 9.63 Å². The van der Waals surface area contributed by atoms with E-state index in [-0.39, 0.29) is 11.5 Å². The number of hydrogen-bond acceptors (Lipinski definition) is 8. The third-order valence-electron chi connectivity index (χ3n) is 3.33. The second-order valence-corrected chi connectivity index (χ2v) is 5.09. The molecule has 10 nitrogen and oxygen atoms in total. The van der Waals surface area contributed by atoms with Crippen molar-refractivity contribution in [3.05, 3.63) is 67.3 Å². The summed E-state index contributed by atoms with van der Waals surface area (Å²) in [6, 6.07) is 2.54. The first-order chi connectivity index (χ1) is 11.7. The van der Waals surface area contributed by atoms with Crippen molar-refractivity contribution in [3.63, 3.8) is 0 Å². The van der Waals surface area contributed by atoms with Crippen molar-refractivity contribution in [1.29, 1.82) is 0 Å². The number of nitro benzene ring substituents is 2. The normalized spacial score (nSPS) is 15.4. The quantitative estimate of drug-likeness (QED) is 0.353. The molecule has 25 heavy (non-hydrogen) atoms. The summed E-state index contributed by atoms with van der Waals surface area (Å²) in [7, 11) is 0. The maximum absolute atomic E-state index is 12.0. The number of benzene rings is 1. The summed E-state index contributed by atoms with van der Waals surface area (Å²) < 4.78 is 0. The number of allylic oxidation sites excluding steroid dienone is 4. The van der Waals surface area contributed by atoms with Gasteiger partial charge in [-0.2, -0.15) is 0 Å². The number of rotatable bonds is 4. The molecule has 0 spiro atoms. The van der Waals surface area contributed by atoms with Crippen LogP contribution in [0, 0.1) is 20.2 Å². The maximum Gasteiger partial charge on any atom is 0.372 e. The second-order valence-electron chi connectivity index (χ2n) is 5.09. The van der Waals surface area contributed by atoms with Crippen molar-refractivity contribution < 1.29 is 24.3 Å². The Hall–Kier alpha value is -3.69. The standard InChI is InChI=1S/C15H11N3O7/c1-8-6-14(19)9(2)5-12(8)16-25-15(20)11-4-3-10(17(21)22)7-13(11)18(23)24/h3-7H,1-2H3/b16-12-. The van der Waals surface area contributed by atoms with E-state index < -0.39 is 32.8 Å². The van der Waals surface area contributed by atoms with Gasteiger partial charge < -0.3 is 4.84 Å². The third kappa shape index (κ3) is 3.80. The largest absolute Gasteiger partial charge is 0.372 e. The molecule has 1 aliphatic rings. The fourth-order valence-corrected chi connectivity index (χ4v) is 1.97. The van der Waals surface area contributed by atoms with E-state index in [9.17, 15) is 29.8 Å². The zero-order chi connectivity index (χ0) is 18.7. The number of hydrogen-bond donors (Lipinski definition) is 0. The summed E-state index contributed by atoms with van der Waals surface area (Å²) in [6.45, 7) is 3.14. The molecule has 0 unspecified atom stereocenters. The van der Waals surface area contributed by atoms with Crippen LogP contribution in [0.4, 0.5) is 11.4 Å². The number of non-ortho nitro benzene ring substituents is 1. The average molecular weight is 345 g/mol. The molecule has 0 amide bonds. The fraction of sp³-hybridized carbons (Fsp3) is 0.133. The highest BCUT2D eigenvalue weighted by molar-refractivity contribution is 6.21. The molecule has 1 aromatic rings. The minimum Gasteiger partial charge on any atom is -0.312 e. The van der Waals surface area contributed by atoms with Gasteiger partial charge in [-0.1, -0.05) is 5.16 Å². The topological polar surface area (TPSA) is 142 Å². The number of oxime groups is 1. The molecule has 0 bridgehead atoms. The molecule has 10 heteroatoms. The molecule has 0 fully saturated rings. The van der Waals surface area contributed by atoms with E-state index >= 15 is 0 Å². The number of nitrogens with zero attached hydrogens (tertiary/aromatic N) is 3. The molecular formula is C15H11N3O7. The van der Waals surface area contributed by atoms with Gasteiger partial charge in [0.15, 0.2) is 5.78 Å². The van der Waals surface area contributed by atoms with Crippen molar-refractivity contribution in [1.82, 2.24) is 0 Å². The lowest BCUT2D eigenvalue weighted by Crippen LogP contribution is -2.12. The van der Waals surface area contributed by atoms with Crippen molar-refractivity contribution in [2.45, 2.75) is 13.8 Å². The van der Waals surface area contributed by atoms with E-state index in [0.29, 0.717) is 17.2 Å². The van der Waals surface area contributed by atoms with Gasteiger partial charge in [0.1, 0.15) is 11.3 Å². The van der Waals surface area contributed by atoms with Gasteiger partial charge in [0.05, 0.1) is 15.9 Å². The molecule has 128 valence electrons. The zero-order valence-corrected chi connectivity index (χ0v) is 13.1. The first kappa shape index (κ1) is 17.7. The van der Waals surface area contributed by atoms with Gasteiger partial charge in [-0.3, -0.25) is 25.0 Å². The Morgan fingerprint density at radius 3 is 2.36 bits per heavy atom. The Kier molecular flexibility index (Phi) is 4.82. The summed E-state index contributed by atoms with van der Waals surface area (Å²) in [4.78, 5) is 48.2. The Morgan fingerprint density at radius 1 is 1.08 bits per heavy atom. The molecule has 0 aliphatic heterocycles. The number of nitro groups is 2. The van der Waals surface area contributed by atoms with Gasteiger partial charge in [-0.25, -0.2) is 4.79 Å². The van der Waals surface area contributed by atoms with Crippen LogP contribution >= 0.6 is 0 Å². The Labute approximate surface area is 140 Å². The van der Waals surface area contributed by atoms with Crippen LogP contribution in [0.5, 0.6) is 0 Å². The summed E-state index contributed by atoms with van der Waals surface area (Å²) in [5.41, 5.74) is -0.706. The highest BCUT2D eigenvalue weighted by atomic mass is 16.7. The Morgan fingerprint density at radius 2 is 1.76 bits per heavy atom. The monoisotopic (exact) mass is 345 g/mol. The van der Waals surface area contributed by atoms with Crippen molar-refractivity contribution in [3.8, 4) is 0 Å². The van der Waals surface area contributed by atoms with E-state index in [4.69, 9.17) is 4.84 Å². The summed E-state index contributed by atoms with van der Waals surface area (Å²) in [6.07, 6.45) is 2.73. The zero-order valence-electron chi connectivity index (χ0n) is 13.1. The van der Waals surface area contributed by atoms with E-state index in [0.717, 1.165) is 12.1 Å². The third-order valence-corrected chi connectivity index (χ3v) is 3.33. The number of ketones is 1. The number of carbonyl (C=O) groups is 2. The van der Waals surface area contributed by atoms with Crippen LogP contribution in [-0.4, -0.2) is 27.3 Å². The average Bonchev–Trinajstić information content (AvgIpc) is 2.55. The van der Waals surface area contributed by atoms with Gasteiger partial charge in [-0.15, -0.1) is 0 Å². The molecule has 0 radical (unpaired) electrons. The first-order valence-electron chi connectivity index (χ1n) is 6.84. The maximum atomic E-state index is 12.0. The Balaban J connectivity index is 2.31. The molecular weight excluding hydrogens is 334 g/mol. The van der Waals surface area contributed by atoms with Crippen LogP contribution in [0.1, 0.15) is 24.2 Å². The van der Waals surface area contributed by atoms with Gasteiger partial charge >= 0.3 is 5.97 Å². The molecule has 0 saturated carbocycles. The van der Waals surface area contributed by atoms with Crippen LogP contribution in [0.15, 0.2) is 46.7 Å². The molecule has 0 N–H and O–H groups in total. The highest BCUT2D eigenvalue weighted by Gasteiger charge is 2.25. The predicted octanol–water partition coefficient (Wildman–Crippen LogP) is 2.49. The van der Waals surface area contributed by atoms with Gasteiger partial charge in [-0.05, 0) is 43.2 Å². The van der Waals surface area contributed by atoms with E-state index in [1.165, 1.54) is 12.2 Å². The minimum absolute atomic E-state index is 0.200. The summed E-state index contributed by atoms with van der Waals surface area (Å²) in [5.74, 6) is -1.35. The van der Waals surface area contributed by atoms with Crippen LogP contribution in [0.25, 0.3) is 0 Å². The van der Waals surface area contributed by atoms with Crippen LogP contribution in [0.2, 0.25) is 0 Å². The predicted molar refractivity (Wildman–Crippen MR) is 85.1 cm³/mol. The number of carbonyl (C=O) groups excluding carboxylic acids is 2. The molecule has 0 aromatic heterocycles. The van der Waals surface area contributed by atoms with Gasteiger partial charge in [0.2, 0.25) is 0 Å². The van der Waals surface area contributed by atoms with Crippen molar-refractivity contribution in [2.75, 3.05) is 0 Å². The molecule has 1 aliphatic carbocycles. The molecule has 1 aromatic carbocycles. The van der Waals surface area contributed by atoms with Crippen molar-refractivity contribution >= 4 is 28.8 Å². The highest BCUT2D eigenvalue weighted by Crippen LogP contribution is 2.25. The Bertz CT molecular complexity index is 896. The van der Waals surface area contributed by atoms with Gasteiger partial charge in [0, 0.05) is 6.07 Å². The van der Waals surface area contributed by atoms with E-state index in [1.807, 2.05) is 0 Å². The first-order valence-corrected chi connectivity index (χ1v) is 6.84. The van der Waals surface area contributed by atoms with Crippen LogP contribution in [0.3, 0.4) is 0 Å². The van der Waals surface area contributed by atoms with E-state index in [1.54, 1.807) is 13.8 Å². The summed E-state index contributed by atoms with van der Waals surface area (Å²) in [5, 5.41) is 25.3. The molecule has 2 rings (SSSR count). The SMILES string of the molecule is CC1=C/C(=N/OC(=O)c2ccc([N+](=O)[O-])cc2[N+](=O)[O-])C(C)=CC1=O. The van der Waals surface area contributed by atoms with E-state index in [2.05, 4.69) is 5.16 Å². The second kappa shape index (κ2) is 6.83. The molecule has 0 heterocycles. The smallest absolute Gasteiger partial charge is 0.312 e. The molecule has 0 saturated heterocycles. The fourth-order valence-electron chi connectivity index (χ4n) is 1.97. The minimum atomic E-state index is -1.15. The lowest BCUT2D eigenvalue weighted by Gasteiger charge is -2.08. The van der Waals surface area contributed by atoms with Gasteiger partial charge in [0.25, 0.3) is 11.4 Å². The summed E-state index contributed by atoms with van der Waals surface area (Å²) >= 11 is 0. The van der Waals surface area contributed by atoms with Crippen LogP contribution < -0.4 is 0 Å². The lowest BCUT2D eigenvalue weighted by molar-refractivity contribution is -0.394. The molecule has 0 atom stereocenters. The van der Waals surface area contributed by atoms with Crippen molar-refractivity contribution in [2.24, 2.45) is 5.16 Å². The lowest BCUT2D eigenvalue weighted by atomic mass is 9.99.